The van der Waals surface area contributed by atoms with Gasteiger partial charge in [-0.3, -0.25) is 9.59 Å². The number of anilines is 2. The summed E-state index contributed by atoms with van der Waals surface area (Å²) in [7, 11) is -4.13. The minimum Gasteiger partial charge on any atom is -0.370 e. The number of nitrogens with two attached hydrogens (primary N) is 1. The van der Waals surface area contributed by atoms with Gasteiger partial charge in [-0.2, -0.15) is 4.72 Å². The SMILES string of the molecule is CC(C)C(NS(=O)(=O)c1cc(NC(=O)C2CCNCC2)ccc1N1CCC(Cc2ccccc2)CC1)C(N)=O.[HH]. The Hall–Kier alpha value is -2.95. The molecule has 0 spiro atoms. The van der Waals surface area contributed by atoms with Crippen LogP contribution >= 0.6 is 0 Å². The molecule has 5 N–H and O–H groups in total. The largest absolute Gasteiger partial charge is 0.370 e. The summed E-state index contributed by atoms with van der Waals surface area (Å²) >= 11 is 0. The van der Waals surface area contributed by atoms with Crippen molar-refractivity contribution in [3.8, 4) is 0 Å². The lowest BCUT2D eigenvalue weighted by Crippen LogP contribution is -2.48. The highest BCUT2D eigenvalue weighted by atomic mass is 32.2. The molecule has 2 aliphatic heterocycles. The average Bonchev–Trinajstić information content (AvgIpc) is 2.93. The first-order chi connectivity index (χ1) is 18.6. The van der Waals surface area contributed by atoms with Gasteiger partial charge in [0.05, 0.1) is 5.69 Å². The van der Waals surface area contributed by atoms with E-state index in [1.165, 1.54) is 11.6 Å². The molecule has 2 amide bonds. The van der Waals surface area contributed by atoms with E-state index in [0.717, 1.165) is 45.2 Å². The fourth-order valence-electron chi connectivity index (χ4n) is 5.48. The van der Waals surface area contributed by atoms with E-state index in [9.17, 15) is 18.0 Å². The molecule has 9 nitrogen and oxygen atoms in total. The number of primary amides is 1. The number of rotatable bonds is 10. The standard InChI is InChI=1S/C29H41N5O4S.H2/c1-20(2)27(28(30)35)33-39(37,38)26-19-24(32-29(36)23-10-14-31-15-11-23)8-9-25(26)34-16-12-22(13-17-34)18-21-6-4-3-5-7-21;/h3-9,19-20,22-23,27,31,33H,10-18H2,1-2H3,(H2,30,35)(H,32,36);1H. The van der Waals surface area contributed by atoms with Gasteiger partial charge in [-0.05, 0) is 80.8 Å². The van der Waals surface area contributed by atoms with Crippen molar-refractivity contribution in [1.29, 1.82) is 0 Å². The maximum atomic E-state index is 13.7. The molecule has 0 radical (unpaired) electrons. The predicted octanol–water partition coefficient (Wildman–Crippen LogP) is 3.12. The van der Waals surface area contributed by atoms with Crippen molar-refractivity contribution in [2.45, 2.75) is 56.9 Å². The molecule has 4 rings (SSSR count). The van der Waals surface area contributed by atoms with E-state index in [4.69, 9.17) is 5.73 Å². The van der Waals surface area contributed by atoms with E-state index < -0.39 is 22.0 Å². The fourth-order valence-corrected chi connectivity index (χ4v) is 7.08. The normalized spacial score (nSPS) is 18.2. The molecule has 0 bridgehead atoms. The summed E-state index contributed by atoms with van der Waals surface area (Å²) < 4.78 is 29.9. The number of amides is 2. The Labute approximate surface area is 233 Å². The highest BCUT2D eigenvalue weighted by Crippen LogP contribution is 2.33. The van der Waals surface area contributed by atoms with E-state index in [-0.39, 0.29) is 24.1 Å². The molecular formula is C29H43N5O4S. The van der Waals surface area contributed by atoms with Gasteiger partial charge in [0.15, 0.2) is 0 Å². The molecule has 2 aromatic carbocycles. The Morgan fingerprint density at radius 3 is 2.33 bits per heavy atom. The Balaban J connectivity index is 0.00000441. The first kappa shape index (κ1) is 29.0. The smallest absolute Gasteiger partial charge is 0.243 e. The van der Waals surface area contributed by atoms with Crippen LogP contribution in [-0.4, -0.2) is 52.5 Å². The van der Waals surface area contributed by atoms with Crippen LogP contribution in [0, 0.1) is 17.8 Å². The van der Waals surface area contributed by atoms with Gasteiger partial charge in [0.1, 0.15) is 10.9 Å². The average molecular weight is 558 g/mol. The van der Waals surface area contributed by atoms with E-state index >= 15 is 0 Å². The molecule has 39 heavy (non-hydrogen) atoms. The zero-order valence-electron chi connectivity index (χ0n) is 22.9. The summed E-state index contributed by atoms with van der Waals surface area (Å²) in [5.41, 5.74) is 7.81. The molecule has 1 atom stereocenters. The summed E-state index contributed by atoms with van der Waals surface area (Å²) in [6, 6.07) is 14.4. The second-order valence-electron chi connectivity index (χ2n) is 11.1. The second kappa shape index (κ2) is 12.9. The number of carbonyl (C=O) groups excluding carboxylic acids is 2. The molecule has 1 unspecified atom stereocenters. The molecule has 2 saturated heterocycles. The number of carbonyl (C=O) groups is 2. The molecule has 0 saturated carbocycles. The molecule has 0 aliphatic carbocycles. The maximum absolute atomic E-state index is 13.7. The first-order valence-electron chi connectivity index (χ1n) is 13.9. The van der Waals surface area contributed by atoms with Crippen molar-refractivity contribution in [3.63, 3.8) is 0 Å². The Kier molecular flexibility index (Phi) is 9.63. The van der Waals surface area contributed by atoms with E-state index in [1.807, 2.05) is 6.07 Å². The van der Waals surface area contributed by atoms with E-state index in [1.54, 1.807) is 26.0 Å². The molecule has 0 aromatic heterocycles. The number of hydrogen-bond acceptors (Lipinski definition) is 6. The van der Waals surface area contributed by atoms with Crippen LogP contribution in [0.1, 0.15) is 46.5 Å². The summed E-state index contributed by atoms with van der Waals surface area (Å²) in [6.45, 7) is 6.47. The van der Waals surface area contributed by atoms with E-state index in [0.29, 0.717) is 30.4 Å². The van der Waals surface area contributed by atoms with Crippen LogP contribution in [0.5, 0.6) is 0 Å². The third-order valence-electron chi connectivity index (χ3n) is 7.80. The molecule has 2 fully saturated rings. The van der Waals surface area contributed by atoms with Gasteiger partial charge in [0.25, 0.3) is 0 Å². The number of sulfonamides is 1. The topological polar surface area (TPSA) is 134 Å². The van der Waals surface area contributed by atoms with Crippen LogP contribution in [-0.2, 0) is 26.0 Å². The monoisotopic (exact) mass is 557 g/mol. The van der Waals surface area contributed by atoms with Gasteiger partial charge >= 0.3 is 0 Å². The summed E-state index contributed by atoms with van der Waals surface area (Å²) in [4.78, 5) is 27.0. The van der Waals surface area contributed by atoms with Crippen molar-refractivity contribution in [2.24, 2.45) is 23.5 Å². The zero-order valence-corrected chi connectivity index (χ0v) is 23.7. The highest BCUT2D eigenvalue weighted by molar-refractivity contribution is 7.89. The van der Waals surface area contributed by atoms with Gasteiger partial charge < -0.3 is 21.3 Å². The predicted molar refractivity (Wildman–Crippen MR) is 156 cm³/mol. The van der Waals surface area contributed by atoms with Crippen molar-refractivity contribution < 1.29 is 19.4 Å². The van der Waals surface area contributed by atoms with Gasteiger partial charge in [-0.1, -0.05) is 44.2 Å². The molecule has 10 heteroatoms. The summed E-state index contributed by atoms with van der Waals surface area (Å²) in [5.74, 6) is -0.762. The minimum absolute atomic E-state index is 0. The molecular weight excluding hydrogens is 514 g/mol. The molecule has 2 aromatic rings. The van der Waals surface area contributed by atoms with Crippen LogP contribution in [0.25, 0.3) is 0 Å². The molecule has 214 valence electrons. The quantitative estimate of drug-likeness (QED) is 0.355. The minimum atomic E-state index is -4.13. The van der Waals surface area contributed by atoms with Crippen molar-refractivity contribution in [2.75, 3.05) is 36.4 Å². The Morgan fingerprint density at radius 1 is 1.05 bits per heavy atom. The summed E-state index contributed by atoms with van der Waals surface area (Å²) in [6.07, 6.45) is 4.35. The number of nitrogens with zero attached hydrogens (tertiary/aromatic N) is 1. The van der Waals surface area contributed by atoms with E-state index in [2.05, 4.69) is 44.5 Å². The highest BCUT2D eigenvalue weighted by Gasteiger charge is 2.31. The van der Waals surface area contributed by atoms with Crippen molar-refractivity contribution in [1.82, 2.24) is 10.0 Å². The van der Waals surface area contributed by atoms with Gasteiger partial charge in [-0.15, -0.1) is 0 Å². The van der Waals surface area contributed by atoms with Gasteiger partial charge in [0, 0.05) is 26.1 Å². The van der Waals surface area contributed by atoms with Gasteiger partial charge in [0.2, 0.25) is 21.8 Å². The summed E-state index contributed by atoms with van der Waals surface area (Å²) in [5, 5.41) is 6.17. The Bertz CT molecular complexity index is 1240. The third-order valence-corrected chi connectivity index (χ3v) is 9.27. The molecule has 2 heterocycles. The lowest BCUT2D eigenvalue weighted by atomic mass is 9.90. The Morgan fingerprint density at radius 2 is 1.72 bits per heavy atom. The molecule has 2 aliphatic rings. The van der Waals surface area contributed by atoms with Gasteiger partial charge in [-0.25, -0.2) is 8.42 Å². The lowest BCUT2D eigenvalue weighted by Gasteiger charge is -2.35. The number of hydrogen-bond donors (Lipinski definition) is 4. The van der Waals surface area contributed by atoms with Crippen LogP contribution in [0.15, 0.2) is 53.4 Å². The van der Waals surface area contributed by atoms with Crippen LogP contribution in [0.4, 0.5) is 11.4 Å². The van der Waals surface area contributed by atoms with Crippen molar-refractivity contribution >= 4 is 33.2 Å². The van der Waals surface area contributed by atoms with Crippen LogP contribution in [0.2, 0.25) is 0 Å². The first-order valence-corrected chi connectivity index (χ1v) is 15.4. The fraction of sp³-hybridized carbons (Fsp3) is 0.517. The van der Waals surface area contributed by atoms with Crippen LogP contribution in [0.3, 0.4) is 0 Å². The zero-order chi connectivity index (χ0) is 28.0. The second-order valence-corrected chi connectivity index (χ2v) is 12.7. The van der Waals surface area contributed by atoms with Crippen molar-refractivity contribution in [3.05, 3.63) is 54.1 Å². The van der Waals surface area contributed by atoms with Crippen LogP contribution < -0.4 is 26.0 Å². The third kappa shape index (κ3) is 7.58. The number of benzene rings is 2. The lowest BCUT2D eigenvalue weighted by molar-refractivity contribution is -0.121. The number of piperidine rings is 2. The number of nitrogens with one attached hydrogen (secondary N) is 3. The maximum Gasteiger partial charge on any atom is 0.243 e.